The Kier molecular flexibility index (Phi) is 4.61. The molecule has 0 spiro atoms. The predicted octanol–water partition coefficient (Wildman–Crippen LogP) is 1.98. The topological polar surface area (TPSA) is 98.7 Å². The van der Waals surface area contributed by atoms with Crippen molar-refractivity contribution in [3.63, 3.8) is 0 Å². The third-order valence-corrected chi connectivity index (χ3v) is 4.57. The summed E-state index contributed by atoms with van der Waals surface area (Å²) in [6.07, 6.45) is 4.70. The number of unbranched alkanes of at least 4 members (excludes halogenated alkanes) is 3. The van der Waals surface area contributed by atoms with Gasteiger partial charge in [0.2, 0.25) is 0 Å². The van der Waals surface area contributed by atoms with E-state index in [-0.39, 0.29) is 5.82 Å². The molecule has 1 aliphatic heterocycles. The molecule has 0 amide bonds. The Morgan fingerprint density at radius 3 is 2.48 bits per heavy atom. The van der Waals surface area contributed by atoms with Crippen LogP contribution in [0.1, 0.15) is 45.1 Å². The summed E-state index contributed by atoms with van der Waals surface area (Å²) in [5.41, 5.74) is 5.80. The van der Waals surface area contributed by atoms with Gasteiger partial charge in [0.25, 0.3) is 0 Å². The molecule has 2 aromatic rings. The van der Waals surface area contributed by atoms with Crippen LogP contribution in [0.5, 0.6) is 0 Å². The van der Waals surface area contributed by atoms with Crippen LogP contribution in [-0.4, -0.2) is 13.9 Å². The number of para-hydroxylation sites is 1. The minimum absolute atomic E-state index is 0.0553. The maximum atomic E-state index is 12.9. The highest BCUT2D eigenvalue weighted by molar-refractivity contribution is 5.57. The molecule has 0 radical (unpaired) electrons. The molecule has 1 aliphatic rings. The van der Waals surface area contributed by atoms with Gasteiger partial charge in [-0.1, -0.05) is 50.8 Å². The van der Waals surface area contributed by atoms with Crippen molar-refractivity contribution in [3.05, 3.63) is 56.9 Å². The normalized spacial score (nSPS) is 16.1. The smallest absolute Gasteiger partial charge is 0.358 e. The van der Waals surface area contributed by atoms with Crippen molar-refractivity contribution in [2.45, 2.75) is 45.1 Å². The molecular weight excluding hydrogens is 318 g/mol. The maximum absolute atomic E-state index is 12.9. The van der Waals surface area contributed by atoms with Crippen molar-refractivity contribution in [2.75, 3.05) is 0 Å². The lowest BCUT2D eigenvalue weighted by atomic mass is 10.0. The molecule has 1 aromatic carbocycles. The molecule has 1 atom stereocenters. The Hall–Kier alpha value is -3.01. The number of nitriles is 1. The van der Waals surface area contributed by atoms with Gasteiger partial charge in [0, 0.05) is 0 Å². The molecule has 0 bridgehead atoms. The zero-order valence-corrected chi connectivity index (χ0v) is 14.2. The number of rotatable bonds is 6. The highest BCUT2D eigenvalue weighted by atomic mass is 16.2. The first kappa shape index (κ1) is 16.8. The SMILES string of the molecule is CCCCCCC1C(C#N)=C(N)n2c(=O)n(-c3ccccc3)c(=O)n21. The molecule has 2 heterocycles. The lowest BCUT2D eigenvalue weighted by Gasteiger charge is -2.11. The van der Waals surface area contributed by atoms with E-state index in [0.717, 1.165) is 34.9 Å². The number of hydrogen-bond acceptors (Lipinski definition) is 4. The second kappa shape index (κ2) is 6.85. The number of allylic oxidation sites excluding steroid dienone is 1. The van der Waals surface area contributed by atoms with Gasteiger partial charge in [0.05, 0.1) is 17.3 Å². The summed E-state index contributed by atoms with van der Waals surface area (Å²) in [6.45, 7) is 2.12. The molecule has 1 unspecified atom stereocenters. The summed E-state index contributed by atoms with van der Waals surface area (Å²) in [4.78, 5) is 25.7. The van der Waals surface area contributed by atoms with Crippen molar-refractivity contribution in [1.29, 1.82) is 5.26 Å². The zero-order chi connectivity index (χ0) is 18.0. The van der Waals surface area contributed by atoms with Gasteiger partial charge in [-0.2, -0.15) is 9.94 Å². The average molecular weight is 339 g/mol. The molecule has 0 saturated carbocycles. The van der Waals surface area contributed by atoms with Crippen molar-refractivity contribution in [3.8, 4) is 11.8 Å². The standard InChI is InChI=1S/C18H21N5O2/c1-2-3-4-8-11-15-14(12-19)16(20)23-18(25)21(17(24)22(15)23)13-9-6-5-7-10-13/h5-7,9-10,15H,2-4,8,11,20H2,1H3. The first-order chi connectivity index (χ1) is 12.1. The van der Waals surface area contributed by atoms with Crippen LogP contribution < -0.4 is 17.1 Å². The molecule has 7 nitrogen and oxygen atoms in total. The van der Waals surface area contributed by atoms with Gasteiger partial charge in [0.1, 0.15) is 11.9 Å². The Morgan fingerprint density at radius 1 is 1.12 bits per heavy atom. The predicted molar refractivity (Wildman–Crippen MR) is 95.1 cm³/mol. The molecule has 0 fully saturated rings. The summed E-state index contributed by atoms with van der Waals surface area (Å²) in [7, 11) is 0. The van der Waals surface area contributed by atoms with E-state index in [4.69, 9.17) is 5.73 Å². The van der Waals surface area contributed by atoms with Crippen molar-refractivity contribution >= 4 is 5.82 Å². The van der Waals surface area contributed by atoms with Crippen LogP contribution in [0.3, 0.4) is 0 Å². The molecule has 0 saturated heterocycles. The fourth-order valence-corrected chi connectivity index (χ4v) is 3.32. The van der Waals surface area contributed by atoms with Crippen LogP contribution >= 0.6 is 0 Å². The van der Waals surface area contributed by atoms with E-state index in [0.29, 0.717) is 17.7 Å². The number of fused-ring (bicyclic) bond motifs is 1. The minimum Gasteiger partial charge on any atom is -0.383 e. The minimum atomic E-state index is -0.544. The molecule has 0 aliphatic carbocycles. The fourth-order valence-electron chi connectivity index (χ4n) is 3.32. The van der Waals surface area contributed by atoms with Crippen LogP contribution in [0.4, 0.5) is 0 Å². The lowest BCUT2D eigenvalue weighted by molar-refractivity contribution is 0.446. The number of nitrogens with zero attached hydrogens (tertiary/aromatic N) is 4. The van der Waals surface area contributed by atoms with Gasteiger partial charge < -0.3 is 5.73 Å². The average Bonchev–Trinajstić information content (AvgIpc) is 3.05. The largest absolute Gasteiger partial charge is 0.383 e. The van der Waals surface area contributed by atoms with Gasteiger partial charge in [-0.25, -0.2) is 18.8 Å². The van der Waals surface area contributed by atoms with E-state index >= 15 is 0 Å². The fraction of sp³-hybridized carbons (Fsp3) is 0.389. The van der Waals surface area contributed by atoms with Crippen molar-refractivity contribution in [2.24, 2.45) is 5.73 Å². The van der Waals surface area contributed by atoms with Crippen molar-refractivity contribution in [1.82, 2.24) is 13.9 Å². The second-order valence-corrected chi connectivity index (χ2v) is 6.17. The summed E-state index contributed by atoms with van der Waals surface area (Å²) in [5.74, 6) is 0.0553. The molecular formula is C18H21N5O2. The van der Waals surface area contributed by atoms with E-state index in [2.05, 4.69) is 13.0 Å². The Labute approximate surface area is 145 Å². The van der Waals surface area contributed by atoms with Crippen LogP contribution in [0.15, 0.2) is 45.5 Å². The first-order valence-electron chi connectivity index (χ1n) is 8.54. The van der Waals surface area contributed by atoms with E-state index in [1.54, 1.807) is 24.3 Å². The summed E-state index contributed by atoms with van der Waals surface area (Å²) in [6, 6.07) is 10.3. The van der Waals surface area contributed by atoms with E-state index in [1.165, 1.54) is 4.68 Å². The Bertz CT molecular complexity index is 956. The highest BCUT2D eigenvalue weighted by Crippen LogP contribution is 2.30. The third kappa shape index (κ3) is 2.70. The van der Waals surface area contributed by atoms with E-state index in [1.807, 2.05) is 6.07 Å². The Morgan fingerprint density at radius 2 is 1.84 bits per heavy atom. The van der Waals surface area contributed by atoms with Crippen LogP contribution in [0.2, 0.25) is 0 Å². The molecule has 130 valence electrons. The van der Waals surface area contributed by atoms with E-state index < -0.39 is 17.4 Å². The summed E-state index contributed by atoms with van der Waals surface area (Å²) < 4.78 is 3.56. The van der Waals surface area contributed by atoms with Gasteiger partial charge in [-0.15, -0.1) is 0 Å². The maximum Gasteiger partial charge on any atom is 0.358 e. The molecule has 25 heavy (non-hydrogen) atoms. The molecule has 3 rings (SSSR count). The van der Waals surface area contributed by atoms with Crippen LogP contribution in [-0.2, 0) is 0 Å². The summed E-state index contributed by atoms with van der Waals surface area (Å²) in [5, 5.41) is 9.44. The Balaban J connectivity index is 2.09. The zero-order valence-electron chi connectivity index (χ0n) is 14.2. The van der Waals surface area contributed by atoms with Gasteiger partial charge in [-0.3, -0.25) is 0 Å². The van der Waals surface area contributed by atoms with Crippen LogP contribution in [0, 0.1) is 11.3 Å². The van der Waals surface area contributed by atoms with Crippen LogP contribution in [0.25, 0.3) is 11.5 Å². The number of aromatic nitrogens is 3. The monoisotopic (exact) mass is 339 g/mol. The highest BCUT2D eigenvalue weighted by Gasteiger charge is 2.35. The quantitative estimate of drug-likeness (QED) is 0.813. The molecule has 7 heteroatoms. The van der Waals surface area contributed by atoms with Gasteiger partial charge in [0.15, 0.2) is 0 Å². The molecule has 2 N–H and O–H groups in total. The third-order valence-electron chi connectivity index (χ3n) is 4.57. The van der Waals surface area contributed by atoms with Gasteiger partial charge >= 0.3 is 11.4 Å². The van der Waals surface area contributed by atoms with Gasteiger partial charge in [-0.05, 0) is 18.6 Å². The number of hydrogen-bond donors (Lipinski definition) is 1. The molecule has 1 aromatic heterocycles. The summed E-state index contributed by atoms with van der Waals surface area (Å²) >= 11 is 0. The first-order valence-corrected chi connectivity index (χ1v) is 8.54. The number of benzene rings is 1. The lowest BCUT2D eigenvalue weighted by Crippen LogP contribution is -2.29. The second-order valence-electron chi connectivity index (χ2n) is 6.17. The van der Waals surface area contributed by atoms with Crippen molar-refractivity contribution < 1.29 is 0 Å². The van der Waals surface area contributed by atoms with E-state index in [9.17, 15) is 14.9 Å². The number of nitrogens with two attached hydrogens (primary N) is 1.